The Bertz CT molecular complexity index is 402. The molecule has 5 heteroatoms. The van der Waals surface area contributed by atoms with Gasteiger partial charge >= 0.3 is 0 Å². The van der Waals surface area contributed by atoms with Crippen LogP contribution in [0, 0.1) is 5.92 Å². The van der Waals surface area contributed by atoms with Gasteiger partial charge in [0, 0.05) is 6.54 Å². The molecule has 5 nitrogen and oxygen atoms in total. The second-order valence-corrected chi connectivity index (χ2v) is 6.56. The van der Waals surface area contributed by atoms with E-state index in [1.165, 1.54) is 12.8 Å². The lowest BCUT2D eigenvalue weighted by molar-refractivity contribution is -0.151. The van der Waals surface area contributed by atoms with E-state index in [-0.39, 0.29) is 23.9 Å². The number of hydrogen-bond acceptors (Lipinski definition) is 3. The van der Waals surface area contributed by atoms with Gasteiger partial charge < -0.3 is 15.0 Å². The summed E-state index contributed by atoms with van der Waals surface area (Å²) >= 11 is 0. The minimum absolute atomic E-state index is 0.00914. The van der Waals surface area contributed by atoms with Crippen LogP contribution in [0.1, 0.15) is 51.9 Å². The smallest absolute Gasteiger partial charge is 0.246 e. The number of nitrogens with zero attached hydrogens (tertiary/aromatic N) is 1. The van der Waals surface area contributed by atoms with Crippen molar-refractivity contribution in [3.8, 4) is 0 Å². The highest BCUT2D eigenvalue weighted by atomic mass is 16.5. The van der Waals surface area contributed by atoms with E-state index in [1.807, 2.05) is 6.92 Å². The molecular formula is C16H26N2O3. The normalized spacial score (nSPS) is 30.8. The van der Waals surface area contributed by atoms with Gasteiger partial charge in [0.1, 0.15) is 12.1 Å². The Kier molecular flexibility index (Phi) is 4.48. The number of ether oxygens (including phenoxy) is 1. The van der Waals surface area contributed by atoms with Gasteiger partial charge in [-0.25, -0.2) is 0 Å². The third-order valence-electron chi connectivity index (χ3n) is 4.99. The quantitative estimate of drug-likeness (QED) is 0.807. The summed E-state index contributed by atoms with van der Waals surface area (Å²) in [5.74, 6) is 0.464. The minimum atomic E-state index is -0.320. The number of nitrogens with one attached hydrogen (secondary N) is 1. The first-order valence-corrected chi connectivity index (χ1v) is 8.43. The molecule has 1 heterocycles. The Morgan fingerprint density at radius 2 is 1.90 bits per heavy atom. The summed E-state index contributed by atoms with van der Waals surface area (Å²) in [4.78, 5) is 26.6. The highest BCUT2D eigenvalue weighted by Crippen LogP contribution is 2.35. The van der Waals surface area contributed by atoms with Crippen molar-refractivity contribution in [1.29, 1.82) is 0 Å². The van der Waals surface area contributed by atoms with Gasteiger partial charge in [0.15, 0.2) is 0 Å². The van der Waals surface area contributed by atoms with E-state index < -0.39 is 0 Å². The predicted molar refractivity (Wildman–Crippen MR) is 78.7 cm³/mol. The summed E-state index contributed by atoms with van der Waals surface area (Å²) in [5.41, 5.74) is 0. The zero-order valence-electron chi connectivity index (χ0n) is 12.8. The van der Waals surface area contributed by atoms with Crippen LogP contribution in [0.3, 0.4) is 0 Å². The molecule has 1 saturated heterocycles. The first kappa shape index (κ1) is 14.8. The summed E-state index contributed by atoms with van der Waals surface area (Å²) < 4.78 is 5.87. The molecule has 0 aromatic rings. The largest absolute Gasteiger partial charge is 0.376 e. The third kappa shape index (κ3) is 3.23. The highest BCUT2D eigenvalue weighted by Gasteiger charge is 2.46. The van der Waals surface area contributed by atoms with Gasteiger partial charge in [0.2, 0.25) is 11.8 Å². The molecule has 3 rings (SSSR count). The van der Waals surface area contributed by atoms with Gasteiger partial charge in [0.05, 0.1) is 12.7 Å². The van der Waals surface area contributed by atoms with Gasteiger partial charge in [-0.3, -0.25) is 9.59 Å². The second kappa shape index (κ2) is 6.34. The fraction of sp³-hybridized carbons (Fsp3) is 0.875. The lowest BCUT2D eigenvalue weighted by Crippen LogP contribution is -2.64. The summed E-state index contributed by atoms with van der Waals surface area (Å²) in [6, 6.07) is -0.605. The van der Waals surface area contributed by atoms with Crippen LogP contribution in [0.4, 0.5) is 0 Å². The number of piperazine rings is 1. The fourth-order valence-electron chi connectivity index (χ4n) is 3.58. The van der Waals surface area contributed by atoms with Crippen molar-refractivity contribution in [3.63, 3.8) is 0 Å². The number of carbonyl (C=O) groups excluding carboxylic acids is 2. The van der Waals surface area contributed by atoms with Crippen LogP contribution in [-0.2, 0) is 14.3 Å². The van der Waals surface area contributed by atoms with Crippen molar-refractivity contribution >= 4 is 11.8 Å². The summed E-state index contributed by atoms with van der Waals surface area (Å²) in [5, 5.41) is 2.92. The van der Waals surface area contributed by atoms with Crippen LogP contribution in [0.2, 0.25) is 0 Å². The molecule has 1 aliphatic heterocycles. The third-order valence-corrected chi connectivity index (χ3v) is 4.99. The molecule has 3 aliphatic rings. The zero-order chi connectivity index (χ0) is 14.8. The maximum atomic E-state index is 12.6. The number of hydrogen-bond donors (Lipinski definition) is 1. The van der Waals surface area contributed by atoms with E-state index >= 15 is 0 Å². The zero-order valence-corrected chi connectivity index (χ0v) is 12.8. The molecule has 2 aliphatic carbocycles. The van der Waals surface area contributed by atoms with Crippen LogP contribution in [0.25, 0.3) is 0 Å². The van der Waals surface area contributed by atoms with Crippen LogP contribution >= 0.6 is 0 Å². The monoisotopic (exact) mass is 294 g/mol. The van der Waals surface area contributed by atoms with Crippen LogP contribution in [0.15, 0.2) is 0 Å². The molecule has 2 atom stereocenters. The van der Waals surface area contributed by atoms with Crippen molar-refractivity contribution in [3.05, 3.63) is 0 Å². The molecule has 2 amide bonds. The molecule has 118 valence electrons. The van der Waals surface area contributed by atoms with Crippen molar-refractivity contribution in [2.75, 3.05) is 13.2 Å². The first-order valence-electron chi connectivity index (χ1n) is 8.43. The van der Waals surface area contributed by atoms with Gasteiger partial charge in [0.25, 0.3) is 0 Å². The van der Waals surface area contributed by atoms with E-state index in [4.69, 9.17) is 4.74 Å². The van der Waals surface area contributed by atoms with E-state index in [0.717, 1.165) is 25.7 Å². The second-order valence-electron chi connectivity index (χ2n) is 6.56. The van der Waals surface area contributed by atoms with Crippen LogP contribution in [0.5, 0.6) is 0 Å². The Morgan fingerprint density at radius 3 is 2.52 bits per heavy atom. The fourth-order valence-corrected chi connectivity index (χ4v) is 3.58. The van der Waals surface area contributed by atoms with E-state index in [0.29, 0.717) is 31.6 Å². The molecule has 0 aromatic carbocycles. The maximum absolute atomic E-state index is 12.6. The highest BCUT2D eigenvalue weighted by molar-refractivity contribution is 5.97. The lowest BCUT2D eigenvalue weighted by atomic mass is 10.0. The molecule has 3 fully saturated rings. The first-order chi connectivity index (χ1) is 10.2. The summed E-state index contributed by atoms with van der Waals surface area (Å²) in [7, 11) is 0. The van der Waals surface area contributed by atoms with Crippen LogP contribution in [-0.4, -0.2) is 48.1 Å². The number of amides is 2. The van der Waals surface area contributed by atoms with Gasteiger partial charge in [-0.15, -0.1) is 0 Å². The minimum Gasteiger partial charge on any atom is -0.376 e. The molecule has 0 spiro atoms. The average Bonchev–Trinajstić information content (AvgIpc) is 3.19. The lowest BCUT2D eigenvalue weighted by Gasteiger charge is -2.39. The van der Waals surface area contributed by atoms with Gasteiger partial charge in [-0.05, 0) is 38.0 Å². The molecule has 0 bridgehead atoms. The summed E-state index contributed by atoms with van der Waals surface area (Å²) in [6.45, 7) is 3.06. The molecule has 0 radical (unpaired) electrons. The standard InChI is InChI=1S/C16H26N2O3/c1-2-13-15(19)17-14(11-7-8-11)16(20)18(13)9-10-21-12-5-3-4-6-12/h11-14H,2-10H2,1H3,(H,17,19). The predicted octanol–water partition coefficient (Wildman–Crippen LogP) is 1.46. The Labute approximate surface area is 126 Å². The molecule has 0 aromatic heterocycles. The van der Waals surface area contributed by atoms with Crippen molar-refractivity contribution in [2.24, 2.45) is 5.92 Å². The van der Waals surface area contributed by atoms with Crippen LogP contribution < -0.4 is 5.32 Å². The molecule has 2 saturated carbocycles. The number of carbonyl (C=O) groups is 2. The van der Waals surface area contributed by atoms with Crippen molar-refractivity contribution < 1.29 is 14.3 Å². The Hall–Kier alpha value is -1.10. The van der Waals surface area contributed by atoms with Gasteiger partial charge in [-0.1, -0.05) is 19.8 Å². The Morgan fingerprint density at radius 1 is 1.19 bits per heavy atom. The SMILES string of the molecule is CCC1C(=O)NC(C2CC2)C(=O)N1CCOC1CCCC1. The molecular weight excluding hydrogens is 268 g/mol. The number of rotatable bonds is 6. The topological polar surface area (TPSA) is 58.6 Å². The summed E-state index contributed by atoms with van der Waals surface area (Å²) in [6.07, 6.45) is 7.90. The molecule has 2 unspecified atom stereocenters. The Balaban J connectivity index is 1.58. The van der Waals surface area contributed by atoms with Gasteiger partial charge in [-0.2, -0.15) is 0 Å². The van der Waals surface area contributed by atoms with E-state index in [2.05, 4.69) is 5.32 Å². The van der Waals surface area contributed by atoms with E-state index in [9.17, 15) is 9.59 Å². The average molecular weight is 294 g/mol. The van der Waals surface area contributed by atoms with E-state index in [1.54, 1.807) is 4.90 Å². The maximum Gasteiger partial charge on any atom is 0.246 e. The molecule has 1 N–H and O–H groups in total. The molecule has 21 heavy (non-hydrogen) atoms. The van der Waals surface area contributed by atoms with Crippen molar-refractivity contribution in [2.45, 2.75) is 70.1 Å². The van der Waals surface area contributed by atoms with Crippen molar-refractivity contribution in [1.82, 2.24) is 10.2 Å².